The lowest BCUT2D eigenvalue weighted by atomic mass is 10.1. The van der Waals surface area contributed by atoms with Crippen LogP contribution < -0.4 is 31.7 Å². The largest absolute Gasteiger partial charge is 0.497 e. The Morgan fingerprint density at radius 2 is 1.25 bits per heavy atom. The molecule has 12 heteroatoms. The number of aromatic nitrogens is 3. The van der Waals surface area contributed by atoms with Crippen molar-refractivity contribution in [3.63, 3.8) is 0 Å². The predicted molar refractivity (Wildman–Crippen MR) is 171 cm³/mol. The van der Waals surface area contributed by atoms with Gasteiger partial charge in [-0.15, -0.1) is 0 Å². The maximum atomic E-state index is 12.5. The first-order valence-corrected chi connectivity index (χ1v) is 14.5. The molecule has 0 aliphatic carbocycles. The molecule has 0 bridgehead atoms. The lowest BCUT2D eigenvalue weighted by Gasteiger charge is -2.12. The van der Waals surface area contributed by atoms with Crippen LogP contribution in [0.4, 0.5) is 17.8 Å². The van der Waals surface area contributed by atoms with Crippen molar-refractivity contribution in [1.82, 2.24) is 20.3 Å². The van der Waals surface area contributed by atoms with Crippen LogP contribution in [0.2, 0.25) is 0 Å². The minimum absolute atomic E-state index is 0.161. The van der Waals surface area contributed by atoms with Gasteiger partial charge in [-0.25, -0.2) is 0 Å². The summed E-state index contributed by atoms with van der Waals surface area (Å²) >= 11 is 0. The number of carbonyl (C=O) groups excluding carboxylic acids is 1. The van der Waals surface area contributed by atoms with Gasteiger partial charge in [-0.2, -0.15) is 15.0 Å². The number of nitrogens with one attached hydrogen (secondary N) is 4. The van der Waals surface area contributed by atoms with Crippen LogP contribution in [-0.4, -0.2) is 67.5 Å². The van der Waals surface area contributed by atoms with Crippen LogP contribution in [-0.2, 0) is 29.1 Å². The molecular formula is C32H40N8O4. The number of hydrogen-bond acceptors (Lipinski definition) is 11. The van der Waals surface area contributed by atoms with E-state index in [1.54, 1.807) is 19.2 Å². The van der Waals surface area contributed by atoms with Crippen molar-refractivity contribution < 1.29 is 19.0 Å². The first-order chi connectivity index (χ1) is 21.6. The number of anilines is 3. The maximum absolute atomic E-state index is 12.5. The van der Waals surface area contributed by atoms with Crippen molar-refractivity contribution in [2.45, 2.75) is 19.6 Å². The molecule has 0 aliphatic heterocycles. The van der Waals surface area contributed by atoms with Crippen molar-refractivity contribution >= 4 is 23.8 Å². The number of amides is 1. The highest BCUT2D eigenvalue weighted by Crippen LogP contribution is 2.16. The van der Waals surface area contributed by atoms with Crippen LogP contribution in [0.15, 0.2) is 78.9 Å². The van der Waals surface area contributed by atoms with E-state index in [2.05, 4.69) is 36.2 Å². The first kappa shape index (κ1) is 32.1. The number of ether oxygens (including phenoxy) is 3. The van der Waals surface area contributed by atoms with Crippen molar-refractivity contribution in [2.24, 2.45) is 5.73 Å². The standard InChI is InChI=1S/C32H40N8O4/c1-42-28-9-5-8-26(20-28)23-37-32-39-30(35-21-24-6-3-2-4-7-24)38-31(40-32)36-22-25-10-12-27(13-11-25)29(41)34-15-17-44-19-18-43-16-14-33/h2-13,20H,14-19,21-23,33H2,1H3,(H,34,41)(H3,35,36,37,38,39,40). The van der Waals surface area contributed by atoms with E-state index < -0.39 is 0 Å². The molecular weight excluding hydrogens is 560 g/mol. The van der Waals surface area contributed by atoms with Gasteiger partial charge < -0.3 is 41.2 Å². The Hall–Kier alpha value is -4.78. The van der Waals surface area contributed by atoms with Crippen LogP contribution >= 0.6 is 0 Å². The summed E-state index contributed by atoms with van der Waals surface area (Å²) < 4.78 is 16.0. The minimum atomic E-state index is -0.161. The monoisotopic (exact) mass is 600 g/mol. The molecule has 0 aliphatic rings. The lowest BCUT2D eigenvalue weighted by molar-refractivity contribution is 0.0511. The summed E-state index contributed by atoms with van der Waals surface area (Å²) in [4.78, 5) is 26.2. The Morgan fingerprint density at radius 1 is 0.682 bits per heavy atom. The normalized spacial score (nSPS) is 10.7. The topological polar surface area (TPSA) is 158 Å². The Bertz CT molecular complexity index is 1420. The molecule has 12 nitrogen and oxygen atoms in total. The van der Waals surface area contributed by atoms with Crippen LogP contribution in [0, 0.1) is 0 Å². The van der Waals surface area contributed by atoms with Crippen LogP contribution in [0.25, 0.3) is 0 Å². The average molecular weight is 601 g/mol. The van der Waals surface area contributed by atoms with Crippen molar-refractivity contribution in [3.05, 3.63) is 101 Å². The molecule has 0 saturated carbocycles. The summed E-state index contributed by atoms with van der Waals surface area (Å²) in [5.41, 5.74) is 9.04. The zero-order chi connectivity index (χ0) is 30.8. The number of benzene rings is 3. The van der Waals surface area contributed by atoms with Gasteiger partial charge in [0.2, 0.25) is 17.8 Å². The highest BCUT2D eigenvalue weighted by Gasteiger charge is 2.09. The smallest absolute Gasteiger partial charge is 0.251 e. The number of hydrogen-bond donors (Lipinski definition) is 5. The van der Waals surface area contributed by atoms with E-state index in [1.807, 2.05) is 66.7 Å². The SMILES string of the molecule is COc1cccc(CNc2nc(NCc3ccccc3)nc(NCc3ccc(C(=O)NCCOCCOCCN)cc3)n2)c1. The van der Waals surface area contributed by atoms with Crippen molar-refractivity contribution in [1.29, 1.82) is 0 Å². The highest BCUT2D eigenvalue weighted by molar-refractivity contribution is 5.94. The molecule has 1 aromatic heterocycles. The third-order valence-electron chi connectivity index (χ3n) is 6.35. The Morgan fingerprint density at radius 3 is 1.86 bits per heavy atom. The van der Waals surface area contributed by atoms with Gasteiger partial charge in [-0.3, -0.25) is 4.79 Å². The molecule has 0 saturated heterocycles. The van der Waals surface area contributed by atoms with Crippen LogP contribution in [0.3, 0.4) is 0 Å². The van der Waals surface area contributed by atoms with Gasteiger partial charge in [0.1, 0.15) is 5.75 Å². The van der Waals surface area contributed by atoms with Crippen LogP contribution in [0.5, 0.6) is 5.75 Å². The second-order valence-corrected chi connectivity index (χ2v) is 9.67. The summed E-state index contributed by atoms with van der Waals surface area (Å²) in [5, 5.41) is 12.7. The number of nitrogens with zero attached hydrogens (tertiary/aromatic N) is 3. The van der Waals surface area contributed by atoms with Crippen molar-refractivity contribution in [2.75, 3.05) is 62.6 Å². The highest BCUT2D eigenvalue weighted by atomic mass is 16.5. The molecule has 232 valence electrons. The van der Waals surface area contributed by atoms with Gasteiger partial charge in [0.25, 0.3) is 5.91 Å². The van der Waals surface area contributed by atoms with E-state index in [-0.39, 0.29) is 5.91 Å². The fourth-order valence-electron chi connectivity index (χ4n) is 4.05. The molecule has 1 amide bonds. The van der Waals surface area contributed by atoms with Gasteiger partial charge in [-0.1, -0.05) is 54.6 Å². The third-order valence-corrected chi connectivity index (χ3v) is 6.35. The molecule has 0 radical (unpaired) electrons. The van der Waals surface area contributed by atoms with Gasteiger partial charge in [-0.05, 0) is 41.0 Å². The van der Waals surface area contributed by atoms with E-state index in [0.717, 1.165) is 22.4 Å². The van der Waals surface area contributed by atoms with Crippen molar-refractivity contribution in [3.8, 4) is 5.75 Å². The first-order valence-electron chi connectivity index (χ1n) is 14.5. The number of methoxy groups -OCH3 is 1. The molecule has 1 heterocycles. The molecule has 0 atom stereocenters. The molecule has 44 heavy (non-hydrogen) atoms. The fraction of sp³-hybridized carbons (Fsp3) is 0.312. The second kappa shape index (κ2) is 18.0. The zero-order valence-electron chi connectivity index (χ0n) is 24.9. The maximum Gasteiger partial charge on any atom is 0.251 e. The quantitative estimate of drug-likeness (QED) is 0.100. The summed E-state index contributed by atoms with van der Waals surface area (Å²) in [7, 11) is 1.64. The van der Waals surface area contributed by atoms with Crippen LogP contribution in [0.1, 0.15) is 27.0 Å². The summed E-state index contributed by atoms with van der Waals surface area (Å²) in [6.07, 6.45) is 0. The number of rotatable bonds is 19. The summed E-state index contributed by atoms with van der Waals surface area (Å²) in [6, 6.07) is 25.2. The number of nitrogens with two attached hydrogens (primary N) is 1. The molecule has 0 unspecified atom stereocenters. The van der Waals surface area contributed by atoms with E-state index in [9.17, 15) is 4.79 Å². The Labute approximate surface area is 257 Å². The van der Waals surface area contributed by atoms with E-state index in [0.29, 0.717) is 82.6 Å². The molecule has 0 fully saturated rings. The third kappa shape index (κ3) is 11.1. The molecule has 3 aromatic carbocycles. The molecule has 6 N–H and O–H groups in total. The molecule has 4 aromatic rings. The lowest BCUT2D eigenvalue weighted by Crippen LogP contribution is -2.27. The minimum Gasteiger partial charge on any atom is -0.497 e. The van der Waals surface area contributed by atoms with Gasteiger partial charge in [0.15, 0.2) is 0 Å². The van der Waals surface area contributed by atoms with E-state index in [4.69, 9.17) is 19.9 Å². The summed E-state index contributed by atoms with van der Waals surface area (Å²) in [5.74, 6) is 1.91. The van der Waals surface area contributed by atoms with Gasteiger partial charge in [0, 0.05) is 38.3 Å². The molecule has 4 rings (SSSR count). The average Bonchev–Trinajstić information content (AvgIpc) is 3.07. The predicted octanol–water partition coefficient (Wildman–Crippen LogP) is 3.44. The Kier molecular flexibility index (Phi) is 13.2. The fourth-order valence-corrected chi connectivity index (χ4v) is 4.05. The second-order valence-electron chi connectivity index (χ2n) is 9.67. The van der Waals surface area contributed by atoms with E-state index >= 15 is 0 Å². The van der Waals surface area contributed by atoms with E-state index in [1.165, 1.54) is 0 Å². The summed E-state index contributed by atoms with van der Waals surface area (Å²) in [6.45, 7) is 4.30. The molecule has 0 spiro atoms. The van der Waals surface area contributed by atoms with Gasteiger partial charge >= 0.3 is 0 Å². The van der Waals surface area contributed by atoms with Gasteiger partial charge in [0.05, 0.1) is 33.5 Å². The zero-order valence-corrected chi connectivity index (χ0v) is 24.9. The Balaban J connectivity index is 1.32. The number of carbonyl (C=O) groups is 1.